The molecule has 90 valence electrons. The Hall–Kier alpha value is -0.410. The molecule has 0 heterocycles. The maximum atomic E-state index is 11.0. The highest BCUT2D eigenvalue weighted by Gasteiger charge is 2.13. The summed E-state index contributed by atoms with van der Waals surface area (Å²) in [7, 11) is 4.19. The maximum Gasteiger partial charge on any atom is 0.131 e. The molecule has 0 aliphatic rings. The molecule has 0 aromatic rings. The standard InChI is InChI=1S/C12H26N2O/c1-6-14(9-7-8-13(4)5)11(2)10-12(3)15/h11H,6-10H2,1-5H3. The van der Waals surface area contributed by atoms with Crippen LogP contribution in [0.1, 0.15) is 33.6 Å². The van der Waals surface area contributed by atoms with E-state index in [9.17, 15) is 4.79 Å². The molecule has 1 unspecified atom stereocenters. The topological polar surface area (TPSA) is 23.6 Å². The van der Waals surface area contributed by atoms with Crippen LogP contribution in [0, 0.1) is 0 Å². The highest BCUT2D eigenvalue weighted by Crippen LogP contribution is 2.05. The van der Waals surface area contributed by atoms with Crippen LogP contribution in [-0.4, -0.2) is 55.4 Å². The Balaban J connectivity index is 3.84. The summed E-state index contributed by atoms with van der Waals surface area (Å²) in [6, 6.07) is 0.384. The van der Waals surface area contributed by atoms with Gasteiger partial charge >= 0.3 is 0 Å². The van der Waals surface area contributed by atoms with Gasteiger partial charge in [0.2, 0.25) is 0 Å². The monoisotopic (exact) mass is 214 g/mol. The molecule has 0 aliphatic heterocycles. The highest BCUT2D eigenvalue weighted by molar-refractivity contribution is 5.76. The quantitative estimate of drug-likeness (QED) is 0.613. The van der Waals surface area contributed by atoms with Crippen LogP contribution in [0.25, 0.3) is 0 Å². The zero-order valence-corrected chi connectivity index (χ0v) is 10.9. The fourth-order valence-corrected chi connectivity index (χ4v) is 1.83. The lowest BCUT2D eigenvalue weighted by Gasteiger charge is -2.27. The average molecular weight is 214 g/mol. The first kappa shape index (κ1) is 14.6. The molecule has 0 rings (SSSR count). The molecule has 0 fully saturated rings. The highest BCUT2D eigenvalue weighted by atomic mass is 16.1. The first-order valence-electron chi connectivity index (χ1n) is 5.85. The third-order valence-electron chi connectivity index (χ3n) is 2.66. The number of ketones is 1. The van der Waals surface area contributed by atoms with Crippen LogP contribution in [-0.2, 0) is 4.79 Å². The van der Waals surface area contributed by atoms with Crippen LogP contribution in [0.5, 0.6) is 0 Å². The summed E-state index contributed by atoms with van der Waals surface area (Å²) in [6.07, 6.45) is 1.85. The molecule has 0 saturated heterocycles. The molecule has 1 atom stereocenters. The number of carbonyl (C=O) groups excluding carboxylic acids is 1. The molecular formula is C12H26N2O. The first-order valence-corrected chi connectivity index (χ1v) is 5.85. The number of hydrogen-bond acceptors (Lipinski definition) is 3. The number of carbonyl (C=O) groups is 1. The maximum absolute atomic E-state index is 11.0. The van der Waals surface area contributed by atoms with Gasteiger partial charge in [-0.1, -0.05) is 6.92 Å². The largest absolute Gasteiger partial charge is 0.309 e. The van der Waals surface area contributed by atoms with Gasteiger partial charge in [0, 0.05) is 12.5 Å². The van der Waals surface area contributed by atoms with Gasteiger partial charge in [-0.25, -0.2) is 0 Å². The van der Waals surface area contributed by atoms with Gasteiger partial charge in [0.1, 0.15) is 5.78 Å². The predicted octanol–water partition coefficient (Wildman–Crippen LogP) is 1.63. The molecule has 3 heteroatoms. The Bertz CT molecular complexity index is 180. The summed E-state index contributed by atoms with van der Waals surface area (Å²) >= 11 is 0. The van der Waals surface area contributed by atoms with Crippen LogP contribution in [0.15, 0.2) is 0 Å². The average Bonchev–Trinajstić information content (AvgIpc) is 2.10. The van der Waals surface area contributed by atoms with E-state index in [1.165, 1.54) is 6.42 Å². The van der Waals surface area contributed by atoms with Crippen molar-refractivity contribution in [3.05, 3.63) is 0 Å². The summed E-state index contributed by atoms with van der Waals surface area (Å²) in [4.78, 5) is 15.6. The Morgan fingerprint density at radius 1 is 1.27 bits per heavy atom. The van der Waals surface area contributed by atoms with E-state index in [0.29, 0.717) is 12.5 Å². The van der Waals surface area contributed by atoms with Gasteiger partial charge in [0.25, 0.3) is 0 Å². The Kier molecular flexibility index (Phi) is 7.61. The minimum atomic E-state index is 0.286. The van der Waals surface area contributed by atoms with Crippen LogP contribution in [0.3, 0.4) is 0 Å². The van der Waals surface area contributed by atoms with Gasteiger partial charge in [0.15, 0.2) is 0 Å². The van der Waals surface area contributed by atoms with E-state index in [1.807, 2.05) is 0 Å². The van der Waals surface area contributed by atoms with Crippen molar-refractivity contribution in [1.29, 1.82) is 0 Å². The van der Waals surface area contributed by atoms with E-state index in [2.05, 4.69) is 37.7 Å². The second-order valence-electron chi connectivity index (χ2n) is 4.54. The van der Waals surface area contributed by atoms with E-state index in [1.54, 1.807) is 6.92 Å². The van der Waals surface area contributed by atoms with Gasteiger partial charge in [-0.15, -0.1) is 0 Å². The van der Waals surface area contributed by atoms with E-state index >= 15 is 0 Å². The molecule has 0 amide bonds. The van der Waals surface area contributed by atoms with Crippen molar-refractivity contribution in [2.24, 2.45) is 0 Å². The van der Waals surface area contributed by atoms with E-state index in [0.717, 1.165) is 19.6 Å². The fourth-order valence-electron chi connectivity index (χ4n) is 1.83. The normalized spacial score (nSPS) is 13.5. The van der Waals surface area contributed by atoms with Crippen molar-refractivity contribution in [1.82, 2.24) is 9.80 Å². The van der Waals surface area contributed by atoms with Crippen LogP contribution in [0.4, 0.5) is 0 Å². The smallest absolute Gasteiger partial charge is 0.131 e. The second kappa shape index (κ2) is 7.83. The first-order chi connectivity index (χ1) is 6.97. The van der Waals surface area contributed by atoms with Crippen molar-refractivity contribution in [2.75, 3.05) is 33.7 Å². The van der Waals surface area contributed by atoms with Gasteiger partial charge in [0.05, 0.1) is 0 Å². The molecule has 0 aromatic carbocycles. The molecule has 0 radical (unpaired) electrons. The molecule has 0 spiro atoms. The van der Waals surface area contributed by atoms with Crippen molar-refractivity contribution >= 4 is 5.78 Å². The summed E-state index contributed by atoms with van der Waals surface area (Å²) < 4.78 is 0. The Labute approximate surface area is 94.4 Å². The molecule has 0 saturated carbocycles. The van der Waals surface area contributed by atoms with Gasteiger partial charge in [-0.05, 0) is 54.0 Å². The SMILES string of the molecule is CCN(CCCN(C)C)C(C)CC(C)=O. The van der Waals surface area contributed by atoms with Crippen LogP contribution < -0.4 is 0 Å². The number of nitrogens with zero attached hydrogens (tertiary/aromatic N) is 2. The van der Waals surface area contributed by atoms with Crippen LogP contribution in [0.2, 0.25) is 0 Å². The van der Waals surface area contributed by atoms with Crippen molar-refractivity contribution < 1.29 is 4.79 Å². The molecule has 0 bridgehead atoms. The number of hydrogen-bond donors (Lipinski definition) is 0. The van der Waals surface area contributed by atoms with Gasteiger partial charge < -0.3 is 9.80 Å². The third kappa shape index (κ3) is 7.51. The van der Waals surface area contributed by atoms with Gasteiger partial charge in [-0.3, -0.25) is 4.79 Å². The van der Waals surface area contributed by atoms with E-state index in [-0.39, 0.29) is 5.78 Å². The molecule has 0 aromatic heterocycles. The lowest BCUT2D eigenvalue weighted by Crippen LogP contribution is -2.36. The second-order valence-corrected chi connectivity index (χ2v) is 4.54. The third-order valence-corrected chi connectivity index (χ3v) is 2.66. The number of Topliss-reactive ketones (excluding diaryl/α,β-unsaturated/α-hetero) is 1. The minimum absolute atomic E-state index is 0.286. The van der Waals surface area contributed by atoms with Crippen molar-refractivity contribution in [3.63, 3.8) is 0 Å². The van der Waals surface area contributed by atoms with E-state index in [4.69, 9.17) is 0 Å². The summed E-state index contributed by atoms with van der Waals surface area (Å²) in [6.45, 7) is 9.20. The molecule has 3 nitrogen and oxygen atoms in total. The lowest BCUT2D eigenvalue weighted by molar-refractivity contribution is -0.118. The van der Waals surface area contributed by atoms with Crippen LogP contribution >= 0.6 is 0 Å². The zero-order chi connectivity index (χ0) is 11.8. The minimum Gasteiger partial charge on any atom is -0.309 e. The molecular weight excluding hydrogens is 188 g/mol. The van der Waals surface area contributed by atoms with Crippen molar-refractivity contribution in [3.8, 4) is 0 Å². The van der Waals surface area contributed by atoms with E-state index < -0.39 is 0 Å². The fraction of sp³-hybridized carbons (Fsp3) is 0.917. The Morgan fingerprint density at radius 2 is 1.87 bits per heavy atom. The number of rotatable bonds is 8. The molecule has 0 N–H and O–H groups in total. The lowest BCUT2D eigenvalue weighted by atomic mass is 10.1. The molecule has 15 heavy (non-hydrogen) atoms. The summed E-state index contributed by atoms with van der Waals surface area (Å²) in [5, 5.41) is 0. The Morgan fingerprint density at radius 3 is 2.27 bits per heavy atom. The predicted molar refractivity (Wildman–Crippen MR) is 65.2 cm³/mol. The zero-order valence-electron chi connectivity index (χ0n) is 10.9. The summed E-state index contributed by atoms with van der Waals surface area (Å²) in [5.41, 5.74) is 0. The molecule has 0 aliphatic carbocycles. The van der Waals surface area contributed by atoms with Crippen molar-refractivity contribution in [2.45, 2.75) is 39.7 Å². The summed E-state index contributed by atoms with van der Waals surface area (Å²) in [5.74, 6) is 0.286. The van der Waals surface area contributed by atoms with Gasteiger partial charge in [-0.2, -0.15) is 0 Å².